The summed E-state index contributed by atoms with van der Waals surface area (Å²) < 4.78 is 5.11. The second kappa shape index (κ2) is 6.51. The summed E-state index contributed by atoms with van der Waals surface area (Å²) in [6.45, 7) is 4.09. The van der Waals surface area contributed by atoms with Crippen molar-refractivity contribution in [3.05, 3.63) is 29.8 Å². The number of aliphatic hydroxyl groups excluding tert-OH is 1. The molecule has 0 spiro atoms. The van der Waals surface area contributed by atoms with E-state index in [-0.39, 0.29) is 6.61 Å². The van der Waals surface area contributed by atoms with Gasteiger partial charge in [-0.1, -0.05) is 19.1 Å². The zero-order chi connectivity index (χ0) is 12.0. The van der Waals surface area contributed by atoms with E-state index in [1.54, 1.807) is 7.11 Å². The van der Waals surface area contributed by atoms with Gasteiger partial charge in [0.05, 0.1) is 7.11 Å². The maximum absolute atomic E-state index is 8.97. The Morgan fingerprint density at radius 2 is 1.94 bits per heavy atom. The van der Waals surface area contributed by atoms with E-state index in [0.29, 0.717) is 5.92 Å². The molecule has 0 fully saturated rings. The lowest BCUT2D eigenvalue weighted by atomic mass is 10.1. The van der Waals surface area contributed by atoms with Gasteiger partial charge in [-0.15, -0.1) is 0 Å². The number of aliphatic hydroxyl groups is 1. The minimum absolute atomic E-state index is 0.243. The molecule has 3 nitrogen and oxygen atoms in total. The summed E-state index contributed by atoms with van der Waals surface area (Å²) in [5.74, 6) is 1.21. The van der Waals surface area contributed by atoms with Crippen LogP contribution in [0.2, 0.25) is 0 Å². The molecule has 0 aliphatic carbocycles. The van der Waals surface area contributed by atoms with Gasteiger partial charge in [0.15, 0.2) is 0 Å². The van der Waals surface area contributed by atoms with Gasteiger partial charge in [0.2, 0.25) is 0 Å². The molecular weight excluding hydrogens is 202 g/mol. The lowest BCUT2D eigenvalue weighted by molar-refractivity contribution is 0.187. The van der Waals surface area contributed by atoms with Crippen molar-refractivity contribution >= 4 is 0 Å². The molecule has 0 saturated heterocycles. The molecule has 0 bridgehead atoms. The second-order valence-corrected chi connectivity index (χ2v) is 4.33. The number of methoxy groups -OCH3 is 1. The Hall–Kier alpha value is -1.06. The molecule has 0 saturated carbocycles. The lowest BCUT2D eigenvalue weighted by Crippen LogP contribution is -2.25. The van der Waals surface area contributed by atoms with Crippen molar-refractivity contribution in [2.24, 2.45) is 5.92 Å². The van der Waals surface area contributed by atoms with E-state index in [9.17, 15) is 0 Å². The third-order valence-electron chi connectivity index (χ3n) is 2.55. The topological polar surface area (TPSA) is 32.7 Å². The predicted molar refractivity (Wildman–Crippen MR) is 65.6 cm³/mol. The Bertz CT molecular complexity index is 297. The van der Waals surface area contributed by atoms with Crippen molar-refractivity contribution in [2.45, 2.75) is 13.5 Å². The normalized spacial score (nSPS) is 12.8. The maximum Gasteiger partial charge on any atom is 0.118 e. The minimum atomic E-state index is 0.243. The molecule has 1 rings (SSSR count). The fourth-order valence-corrected chi connectivity index (χ4v) is 1.70. The van der Waals surface area contributed by atoms with Crippen molar-refractivity contribution in [2.75, 3.05) is 27.3 Å². The van der Waals surface area contributed by atoms with Crippen LogP contribution in [0, 0.1) is 5.92 Å². The highest BCUT2D eigenvalue weighted by atomic mass is 16.5. The maximum atomic E-state index is 8.97. The first kappa shape index (κ1) is 13.0. The van der Waals surface area contributed by atoms with Crippen molar-refractivity contribution in [1.29, 1.82) is 0 Å². The number of ether oxygens (including phenoxy) is 1. The van der Waals surface area contributed by atoms with E-state index >= 15 is 0 Å². The van der Waals surface area contributed by atoms with E-state index in [1.165, 1.54) is 5.56 Å². The summed E-state index contributed by atoms with van der Waals surface area (Å²) in [5, 5.41) is 8.97. The molecule has 90 valence electrons. The fourth-order valence-electron chi connectivity index (χ4n) is 1.70. The van der Waals surface area contributed by atoms with E-state index < -0.39 is 0 Å². The van der Waals surface area contributed by atoms with Crippen LogP contribution >= 0.6 is 0 Å². The van der Waals surface area contributed by atoms with Gasteiger partial charge in [-0.3, -0.25) is 0 Å². The van der Waals surface area contributed by atoms with Crippen molar-refractivity contribution in [1.82, 2.24) is 4.90 Å². The molecule has 16 heavy (non-hydrogen) atoms. The van der Waals surface area contributed by atoms with Crippen molar-refractivity contribution in [3.63, 3.8) is 0 Å². The first-order valence-corrected chi connectivity index (χ1v) is 5.58. The third kappa shape index (κ3) is 4.21. The Balaban J connectivity index is 2.46. The van der Waals surface area contributed by atoms with Crippen LogP contribution in [0.5, 0.6) is 5.75 Å². The molecule has 0 aromatic heterocycles. The molecular formula is C13H21NO2. The molecule has 1 aromatic rings. The number of hydrogen-bond donors (Lipinski definition) is 1. The summed E-state index contributed by atoms with van der Waals surface area (Å²) in [5.41, 5.74) is 1.26. The SMILES string of the molecule is COc1ccc(CN(C)CC(C)CO)cc1. The minimum Gasteiger partial charge on any atom is -0.497 e. The number of nitrogens with zero attached hydrogens (tertiary/aromatic N) is 1. The van der Waals surface area contributed by atoms with Crippen molar-refractivity contribution in [3.8, 4) is 5.75 Å². The average Bonchev–Trinajstić information content (AvgIpc) is 2.29. The van der Waals surface area contributed by atoms with E-state index in [4.69, 9.17) is 9.84 Å². The van der Waals surface area contributed by atoms with Gasteiger partial charge in [-0.2, -0.15) is 0 Å². The van der Waals surface area contributed by atoms with Gasteiger partial charge in [0.1, 0.15) is 5.75 Å². The highest BCUT2D eigenvalue weighted by molar-refractivity contribution is 5.26. The summed E-state index contributed by atoms with van der Waals surface area (Å²) >= 11 is 0. The number of hydrogen-bond acceptors (Lipinski definition) is 3. The highest BCUT2D eigenvalue weighted by Crippen LogP contribution is 2.12. The van der Waals surface area contributed by atoms with Gasteiger partial charge in [-0.05, 0) is 30.7 Å². The van der Waals surface area contributed by atoms with Gasteiger partial charge < -0.3 is 14.7 Å². The Morgan fingerprint density at radius 3 is 2.44 bits per heavy atom. The quantitative estimate of drug-likeness (QED) is 0.797. The van der Waals surface area contributed by atoms with Gasteiger partial charge in [0.25, 0.3) is 0 Å². The van der Waals surface area contributed by atoms with Crippen LogP contribution in [0.25, 0.3) is 0 Å². The summed E-state index contributed by atoms with van der Waals surface area (Å²) in [6.07, 6.45) is 0. The highest BCUT2D eigenvalue weighted by Gasteiger charge is 2.05. The van der Waals surface area contributed by atoms with E-state index in [2.05, 4.69) is 24.1 Å². The summed E-state index contributed by atoms with van der Waals surface area (Å²) in [4.78, 5) is 2.21. The summed E-state index contributed by atoms with van der Waals surface area (Å²) in [6, 6.07) is 8.08. The molecule has 0 aliphatic heterocycles. The molecule has 3 heteroatoms. The zero-order valence-corrected chi connectivity index (χ0v) is 10.3. The predicted octanol–water partition coefficient (Wildman–Crippen LogP) is 1.76. The third-order valence-corrected chi connectivity index (χ3v) is 2.55. The molecule has 0 heterocycles. The molecule has 1 N–H and O–H groups in total. The van der Waals surface area contributed by atoms with Crippen LogP contribution < -0.4 is 4.74 Å². The van der Waals surface area contributed by atoms with Crippen LogP contribution in [0.4, 0.5) is 0 Å². The first-order chi connectivity index (χ1) is 7.65. The van der Waals surface area contributed by atoms with E-state index in [0.717, 1.165) is 18.8 Å². The molecule has 0 aliphatic rings. The number of benzene rings is 1. The molecule has 0 amide bonds. The van der Waals surface area contributed by atoms with Crippen LogP contribution in [0.1, 0.15) is 12.5 Å². The monoisotopic (exact) mass is 223 g/mol. The second-order valence-electron chi connectivity index (χ2n) is 4.33. The standard InChI is InChI=1S/C13H21NO2/c1-11(10-15)8-14(2)9-12-4-6-13(16-3)7-5-12/h4-7,11,15H,8-10H2,1-3H3. The van der Waals surface area contributed by atoms with Crippen LogP contribution in [-0.2, 0) is 6.54 Å². The largest absolute Gasteiger partial charge is 0.497 e. The Kier molecular flexibility index (Phi) is 5.29. The van der Waals surface area contributed by atoms with E-state index in [1.807, 2.05) is 19.1 Å². The lowest BCUT2D eigenvalue weighted by Gasteiger charge is -2.20. The van der Waals surface area contributed by atoms with Gasteiger partial charge >= 0.3 is 0 Å². The van der Waals surface area contributed by atoms with Crippen LogP contribution in [0.3, 0.4) is 0 Å². The van der Waals surface area contributed by atoms with Gasteiger partial charge in [-0.25, -0.2) is 0 Å². The molecule has 1 atom stereocenters. The van der Waals surface area contributed by atoms with Crippen LogP contribution in [-0.4, -0.2) is 37.3 Å². The fraction of sp³-hybridized carbons (Fsp3) is 0.538. The average molecular weight is 223 g/mol. The Morgan fingerprint density at radius 1 is 1.31 bits per heavy atom. The molecule has 1 unspecified atom stereocenters. The smallest absolute Gasteiger partial charge is 0.118 e. The van der Waals surface area contributed by atoms with Crippen LogP contribution in [0.15, 0.2) is 24.3 Å². The molecule has 1 aromatic carbocycles. The van der Waals surface area contributed by atoms with Gasteiger partial charge in [0, 0.05) is 19.7 Å². The number of rotatable bonds is 6. The molecule has 0 radical (unpaired) electrons. The summed E-state index contributed by atoms with van der Waals surface area (Å²) in [7, 11) is 3.74. The first-order valence-electron chi connectivity index (χ1n) is 5.58. The zero-order valence-electron chi connectivity index (χ0n) is 10.3. The Labute approximate surface area is 97.7 Å². The van der Waals surface area contributed by atoms with Crippen molar-refractivity contribution < 1.29 is 9.84 Å².